The second-order valence-electron chi connectivity index (χ2n) is 6.43. The van der Waals surface area contributed by atoms with E-state index in [0.29, 0.717) is 6.54 Å². The molecule has 0 unspecified atom stereocenters. The summed E-state index contributed by atoms with van der Waals surface area (Å²) in [6, 6.07) is 0. The Morgan fingerprint density at radius 2 is 1.95 bits per heavy atom. The van der Waals surface area contributed by atoms with Crippen LogP contribution in [-0.2, 0) is 18.8 Å². The number of esters is 1. The maximum Gasteiger partial charge on any atom is 0.490 e. The molecule has 0 bridgehead atoms. The zero-order valence-corrected chi connectivity index (χ0v) is 13.1. The van der Waals surface area contributed by atoms with Gasteiger partial charge in [0.05, 0.1) is 24.9 Å². The maximum atomic E-state index is 11.3. The van der Waals surface area contributed by atoms with Crippen molar-refractivity contribution in [2.45, 2.75) is 45.3 Å². The van der Waals surface area contributed by atoms with Gasteiger partial charge in [-0.15, -0.1) is 0 Å². The Morgan fingerprint density at radius 1 is 1.35 bits per heavy atom. The molecule has 20 heavy (non-hydrogen) atoms. The number of carbonyl (C=O) groups is 1. The third-order valence-electron chi connectivity index (χ3n) is 4.46. The van der Waals surface area contributed by atoms with Crippen molar-refractivity contribution < 1.29 is 18.8 Å². The van der Waals surface area contributed by atoms with Crippen LogP contribution in [0.15, 0.2) is 11.5 Å². The summed E-state index contributed by atoms with van der Waals surface area (Å²) < 4.78 is 16.8. The summed E-state index contributed by atoms with van der Waals surface area (Å²) in [6.45, 7) is 10.1. The van der Waals surface area contributed by atoms with Gasteiger partial charge in [-0.05, 0) is 39.6 Å². The van der Waals surface area contributed by atoms with E-state index in [1.165, 1.54) is 12.6 Å². The molecule has 112 valence electrons. The average Bonchev–Trinajstić information content (AvgIpc) is 2.59. The average molecular weight is 281 g/mol. The van der Waals surface area contributed by atoms with E-state index in [-0.39, 0.29) is 24.3 Å². The lowest BCUT2D eigenvalue weighted by molar-refractivity contribution is -0.141. The highest BCUT2D eigenvalue weighted by atomic mass is 16.7. The van der Waals surface area contributed by atoms with Crippen LogP contribution < -0.4 is 0 Å². The monoisotopic (exact) mass is 281 g/mol. The standard InChI is InChI=1S/C14H24BNO4/c1-13(2)14(3,4)20-15(19-13)11-6-8-16(9-7-11)10-12(17)18-5/h6H,7-10H2,1-5H3. The highest BCUT2D eigenvalue weighted by molar-refractivity contribution is 6.54. The molecule has 1 saturated heterocycles. The molecule has 2 rings (SSSR count). The summed E-state index contributed by atoms with van der Waals surface area (Å²) in [7, 11) is 1.15. The third kappa shape index (κ3) is 3.08. The number of carbonyl (C=O) groups excluding carboxylic acids is 1. The Bertz CT molecular complexity index is 403. The van der Waals surface area contributed by atoms with Crippen LogP contribution >= 0.6 is 0 Å². The molecular weight excluding hydrogens is 257 g/mol. The Hall–Kier alpha value is -0.845. The molecule has 0 spiro atoms. The number of methoxy groups -OCH3 is 1. The lowest BCUT2D eigenvalue weighted by Crippen LogP contribution is -2.41. The number of nitrogens with zero attached hydrogens (tertiary/aromatic N) is 1. The van der Waals surface area contributed by atoms with Gasteiger partial charge in [0, 0.05) is 13.1 Å². The molecular formula is C14H24BNO4. The number of hydrogen-bond acceptors (Lipinski definition) is 5. The summed E-state index contributed by atoms with van der Waals surface area (Å²) in [6.07, 6.45) is 2.96. The fraction of sp³-hybridized carbons (Fsp3) is 0.786. The molecule has 0 radical (unpaired) electrons. The fourth-order valence-electron chi connectivity index (χ4n) is 2.33. The summed E-state index contributed by atoms with van der Waals surface area (Å²) in [5, 5.41) is 0. The molecule has 0 N–H and O–H groups in total. The van der Waals surface area contributed by atoms with Crippen LogP contribution in [0.4, 0.5) is 0 Å². The van der Waals surface area contributed by atoms with Crippen molar-refractivity contribution >= 4 is 13.1 Å². The van der Waals surface area contributed by atoms with Gasteiger partial charge in [0.15, 0.2) is 0 Å². The number of rotatable bonds is 3. The summed E-state index contributed by atoms with van der Waals surface area (Å²) >= 11 is 0. The molecule has 2 aliphatic heterocycles. The van der Waals surface area contributed by atoms with Crippen LogP contribution in [0.3, 0.4) is 0 Å². The first-order chi connectivity index (χ1) is 9.25. The van der Waals surface area contributed by atoms with Crippen LogP contribution in [0.5, 0.6) is 0 Å². The maximum absolute atomic E-state index is 11.3. The van der Waals surface area contributed by atoms with Gasteiger partial charge >= 0.3 is 13.1 Å². The summed E-state index contributed by atoms with van der Waals surface area (Å²) in [5.74, 6) is -0.197. The van der Waals surface area contributed by atoms with Gasteiger partial charge in [0.2, 0.25) is 0 Å². The predicted octanol–water partition coefficient (Wildman–Crippen LogP) is 1.42. The van der Waals surface area contributed by atoms with Crippen LogP contribution in [0, 0.1) is 0 Å². The highest BCUT2D eigenvalue weighted by Gasteiger charge is 2.52. The van der Waals surface area contributed by atoms with Crippen LogP contribution in [0.25, 0.3) is 0 Å². The van der Waals surface area contributed by atoms with Crippen molar-refractivity contribution in [2.75, 3.05) is 26.7 Å². The molecule has 6 heteroatoms. The number of ether oxygens (including phenoxy) is 1. The van der Waals surface area contributed by atoms with Gasteiger partial charge in [0.25, 0.3) is 0 Å². The highest BCUT2D eigenvalue weighted by Crippen LogP contribution is 2.39. The lowest BCUT2D eigenvalue weighted by atomic mass is 9.75. The van der Waals surface area contributed by atoms with Gasteiger partial charge in [0.1, 0.15) is 0 Å². The van der Waals surface area contributed by atoms with Crippen LogP contribution in [0.1, 0.15) is 34.1 Å². The molecule has 0 aromatic carbocycles. The second-order valence-corrected chi connectivity index (χ2v) is 6.43. The van der Waals surface area contributed by atoms with E-state index in [1.54, 1.807) is 0 Å². The Morgan fingerprint density at radius 3 is 2.40 bits per heavy atom. The third-order valence-corrected chi connectivity index (χ3v) is 4.46. The van der Waals surface area contributed by atoms with Crippen molar-refractivity contribution in [1.82, 2.24) is 4.90 Å². The van der Waals surface area contributed by atoms with Gasteiger partial charge < -0.3 is 14.0 Å². The van der Waals surface area contributed by atoms with Crippen LogP contribution in [-0.4, -0.2) is 55.9 Å². The van der Waals surface area contributed by atoms with E-state index < -0.39 is 0 Å². The largest absolute Gasteiger partial charge is 0.490 e. The minimum Gasteiger partial charge on any atom is -0.468 e. The first kappa shape index (κ1) is 15.5. The SMILES string of the molecule is COC(=O)CN1CC=C(B2OC(C)(C)C(C)(C)O2)CC1. The van der Waals surface area contributed by atoms with Gasteiger partial charge in [-0.2, -0.15) is 0 Å². The quantitative estimate of drug-likeness (QED) is 0.578. The predicted molar refractivity (Wildman–Crippen MR) is 77.2 cm³/mol. The topological polar surface area (TPSA) is 48.0 Å². The Labute approximate surface area is 121 Å². The van der Waals surface area contributed by atoms with Gasteiger partial charge in [-0.3, -0.25) is 9.69 Å². The van der Waals surface area contributed by atoms with E-state index >= 15 is 0 Å². The van der Waals surface area contributed by atoms with Crippen molar-refractivity contribution in [3.63, 3.8) is 0 Å². The molecule has 2 aliphatic rings. The zero-order valence-electron chi connectivity index (χ0n) is 13.1. The molecule has 0 atom stereocenters. The fourth-order valence-corrected chi connectivity index (χ4v) is 2.33. The van der Waals surface area contributed by atoms with Crippen molar-refractivity contribution in [3.05, 3.63) is 11.5 Å². The molecule has 2 heterocycles. The van der Waals surface area contributed by atoms with Crippen molar-refractivity contribution in [1.29, 1.82) is 0 Å². The normalized spacial score (nSPS) is 25.4. The first-order valence-corrected chi connectivity index (χ1v) is 7.09. The first-order valence-electron chi connectivity index (χ1n) is 7.09. The van der Waals surface area contributed by atoms with Gasteiger partial charge in [-0.1, -0.05) is 6.08 Å². The Balaban J connectivity index is 1.95. The van der Waals surface area contributed by atoms with Crippen LogP contribution in [0.2, 0.25) is 0 Å². The van der Waals surface area contributed by atoms with Crippen molar-refractivity contribution in [3.8, 4) is 0 Å². The van der Waals surface area contributed by atoms with E-state index in [0.717, 1.165) is 19.5 Å². The zero-order chi connectivity index (χ0) is 15.0. The van der Waals surface area contributed by atoms with E-state index in [2.05, 4.69) is 43.4 Å². The van der Waals surface area contributed by atoms with Crippen molar-refractivity contribution in [2.24, 2.45) is 0 Å². The molecule has 1 fully saturated rings. The van der Waals surface area contributed by atoms with Gasteiger partial charge in [-0.25, -0.2) is 0 Å². The van der Waals surface area contributed by atoms with E-state index in [4.69, 9.17) is 9.31 Å². The van der Waals surface area contributed by atoms with E-state index in [9.17, 15) is 4.79 Å². The number of hydrogen-bond donors (Lipinski definition) is 0. The molecule has 5 nitrogen and oxygen atoms in total. The smallest absolute Gasteiger partial charge is 0.468 e. The molecule has 0 aromatic rings. The Kier molecular flexibility index (Phi) is 4.28. The minimum absolute atomic E-state index is 0.197. The summed E-state index contributed by atoms with van der Waals surface area (Å²) in [5.41, 5.74) is 0.563. The second kappa shape index (κ2) is 5.50. The molecule has 0 aromatic heterocycles. The minimum atomic E-state index is -0.304. The lowest BCUT2D eigenvalue weighted by Gasteiger charge is -2.32. The van der Waals surface area contributed by atoms with E-state index in [1.807, 2.05) is 0 Å². The molecule has 0 saturated carbocycles. The molecule has 0 aliphatic carbocycles. The summed E-state index contributed by atoms with van der Waals surface area (Å²) in [4.78, 5) is 13.3. The molecule has 0 amide bonds.